The van der Waals surface area contributed by atoms with Gasteiger partial charge in [0.1, 0.15) is 17.3 Å². The Balaban J connectivity index is 2.71. The summed E-state index contributed by atoms with van der Waals surface area (Å²) < 4.78 is 2.07. The molecule has 1 aromatic heterocycles. The second-order valence-electron chi connectivity index (χ2n) is 6.54. The van der Waals surface area contributed by atoms with Crippen molar-refractivity contribution in [2.24, 2.45) is 0 Å². The molecule has 0 fully saturated rings. The van der Waals surface area contributed by atoms with Crippen LogP contribution >= 0.6 is 23.2 Å². The largest absolute Gasteiger partial charge is 0.383 e. The van der Waals surface area contributed by atoms with Crippen LogP contribution in [0.2, 0.25) is 10.0 Å². The number of nitrogens with two attached hydrogens (primary N) is 1. The van der Waals surface area contributed by atoms with Gasteiger partial charge in [0, 0.05) is 27.1 Å². The number of hydrogen-bond donors (Lipinski definition) is 1. The van der Waals surface area contributed by atoms with E-state index in [4.69, 9.17) is 33.9 Å². The van der Waals surface area contributed by atoms with Crippen LogP contribution in [-0.2, 0) is 5.41 Å². The fourth-order valence-corrected chi connectivity index (χ4v) is 2.93. The van der Waals surface area contributed by atoms with Crippen LogP contribution in [0.1, 0.15) is 46.5 Å². The number of nitrogen functional groups attached to an aromatic ring is 1. The van der Waals surface area contributed by atoms with Crippen LogP contribution in [0.15, 0.2) is 18.2 Å². The molecular weight excluding hydrogens is 305 g/mol. The molecule has 2 N–H and O–H groups in total. The molecule has 21 heavy (non-hydrogen) atoms. The van der Waals surface area contributed by atoms with Gasteiger partial charge in [-0.05, 0) is 32.0 Å². The van der Waals surface area contributed by atoms with Crippen LogP contribution in [0.5, 0.6) is 0 Å². The minimum Gasteiger partial charge on any atom is -0.383 e. The summed E-state index contributed by atoms with van der Waals surface area (Å²) in [7, 11) is 0. The van der Waals surface area contributed by atoms with E-state index in [1.807, 2.05) is 12.1 Å². The summed E-state index contributed by atoms with van der Waals surface area (Å²) in [5, 5.41) is 1.15. The Kier molecular flexibility index (Phi) is 4.27. The first-order valence-electron chi connectivity index (χ1n) is 6.96. The molecule has 1 aromatic carbocycles. The van der Waals surface area contributed by atoms with E-state index in [0.717, 1.165) is 17.1 Å². The molecule has 0 unspecified atom stereocenters. The Morgan fingerprint density at radius 1 is 1.10 bits per heavy atom. The summed E-state index contributed by atoms with van der Waals surface area (Å²) in [6.07, 6.45) is 0. The van der Waals surface area contributed by atoms with Gasteiger partial charge >= 0.3 is 0 Å². The Hall–Kier alpha value is -1.19. The number of benzene rings is 1. The first-order valence-corrected chi connectivity index (χ1v) is 7.71. The van der Waals surface area contributed by atoms with Crippen LogP contribution in [-0.4, -0.2) is 9.55 Å². The highest BCUT2D eigenvalue weighted by Crippen LogP contribution is 2.36. The number of nitrogens with zero attached hydrogens (tertiary/aromatic N) is 2. The zero-order valence-electron chi connectivity index (χ0n) is 13.0. The zero-order valence-corrected chi connectivity index (χ0v) is 14.5. The Morgan fingerprint density at radius 3 is 2.00 bits per heavy atom. The second kappa shape index (κ2) is 5.54. The number of imidazole rings is 1. The average Bonchev–Trinajstić information content (AvgIpc) is 2.65. The second-order valence-corrected chi connectivity index (χ2v) is 7.41. The average molecular weight is 326 g/mol. The van der Waals surface area contributed by atoms with Crippen molar-refractivity contribution in [1.82, 2.24) is 9.55 Å². The molecule has 0 atom stereocenters. The molecule has 1 heterocycles. The monoisotopic (exact) mass is 325 g/mol. The fourth-order valence-electron chi connectivity index (χ4n) is 2.40. The van der Waals surface area contributed by atoms with Crippen LogP contribution in [0.4, 0.5) is 5.82 Å². The van der Waals surface area contributed by atoms with Crippen molar-refractivity contribution in [3.63, 3.8) is 0 Å². The van der Waals surface area contributed by atoms with Crippen LogP contribution in [0.25, 0.3) is 11.3 Å². The third-order valence-corrected chi connectivity index (χ3v) is 3.71. The van der Waals surface area contributed by atoms with Crippen LogP contribution in [0.3, 0.4) is 0 Å². The third kappa shape index (κ3) is 3.19. The van der Waals surface area contributed by atoms with Gasteiger partial charge in [-0.2, -0.15) is 0 Å². The summed E-state index contributed by atoms with van der Waals surface area (Å²) in [5.41, 5.74) is 7.83. The van der Waals surface area contributed by atoms with Crippen molar-refractivity contribution in [3.05, 3.63) is 34.1 Å². The lowest BCUT2D eigenvalue weighted by molar-refractivity contribution is 0.473. The maximum atomic E-state index is 6.35. The van der Waals surface area contributed by atoms with Gasteiger partial charge in [-0.15, -0.1) is 0 Å². The molecule has 0 saturated heterocycles. The first-order chi connectivity index (χ1) is 9.61. The summed E-state index contributed by atoms with van der Waals surface area (Å²) in [6.45, 7) is 10.6. The smallest absolute Gasteiger partial charge is 0.131 e. The van der Waals surface area contributed by atoms with Crippen molar-refractivity contribution >= 4 is 29.0 Å². The summed E-state index contributed by atoms with van der Waals surface area (Å²) in [4.78, 5) is 4.78. The molecule has 114 valence electrons. The van der Waals surface area contributed by atoms with E-state index in [1.165, 1.54) is 0 Å². The molecule has 0 aliphatic rings. The zero-order chi connectivity index (χ0) is 15.9. The lowest BCUT2D eigenvalue weighted by Gasteiger charge is -2.22. The number of aromatic nitrogens is 2. The molecule has 0 aliphatic heterocycles. The van der Waals surface area contributed by atoms with Gasteiger partial charge in [0.05, 0.1) is 0 Å². The minimum absolute atomic E-state index is 0.0982. The Morgan fingerprint density at radius 2 is 1.62 bits per heavy atom. The third-order valence-electron chi connectivity index (χ3n) is 3.27. The van der Waals surface area contributed by atoms with Crippen molar-refractivity contribution < 1.29 is 0 Å². The number of anilines is 1. The van der Waals surface area contributed by atoms with E-state index in [0.29, 0.717) is 15.9 Å². The molecule has 0 spiro atoms. The molecular formula is C16H21Cl2N3. The molecule has 0 bridgehead atoms. The van der Waals surface area contributed by atoms with E-state index < -0.39 is 0 Å². The predicted molar refractivity (Wildman–Crippen MR) is 91.2 cm³/mol. The quantitative estimate of drug-likeness (QED) is 0.812. The van der Waals surface area contributed by atoms with Gasteiger partial charge in [0.25, 0.3) is 0 Å². The molecule has 0 saturated carbocycles. The van der Waals surface area contributed by atoms with E-state index in [2.05, 4.69) is 39.2 Å². The van der Waals surface area contributed by atoms with Crippen LogP contribution in [0, 0.1) is 0 Å². The number of halogens is 2. The van der Waals surface area contributed by atoms with Gasteiger partial charge in [0.15, 0.2) is 0 Å². The molecule has 3 nitrogen and oxygen atoms in total. The van der Waals surface area contributed by atoms with E-state index in [9.17, 15) is 0 Å². The number of rotatable bonds is 2. The lowest BCUT2D eigenvalue weighted by Crippen LogP contribution is -2.21. The van der Waals surface area contributed by atoms with Gasteiger partial charge in [-0.25, -0.2) is 4.98 Å². The summed E-state index contributed by atoms with van der Waals surface area (Å²) in [6, 6.07) is 5.61. The molecule has 2 aromatic rings. The van der Waals surface area contributed by atoms with Gasteiger partial charge in [0.2, 0.25) is 0 Å². The number of hydrogen-bond acceptors (Lipinski definition) is 2. The minimum atomic E-state index is -0.0982. The van der Waals surface area contributed by atoms with E-state index >= 15 is 0 Å². The Bertz CT molecular complexity index is 647. The van der Waals surface area contributed by atoms with Crippen LogP contribution < -0.4 is 5.73 Å². The van der Waals surface area contributed by atoms with Crippen molar-refractivity contribution in [2.45, 2.75) is 46.1 Å². The normalized spacial score (nSPS) is 12.2. The van der Waals surface area contributed by atoms with E-state index in [1.54, 1.807) is 6.07 Å². The summed E-state index contributed by atoms with van der Waals surface area (Å²) in [5.74, 6) is 1.61. The molecule has 0 radical (unpaired) electrons. The van der Waals surface area contributed by atoms with Crippen molar-refractivity contribution in [2.75, 3.05) is 5.73 Å². The highest BCUT2D eigenvalue weighted by molar-refractivity contribution is 6.35. The lowest BCUT2D eigenvalue weighted by atomic mass is 9.95. The molecule has 0 aliphatic carbocycles. The SMILES string of the molecule is CC(C)n1c(C(C)(C)C)nc(-c2cc(Cl)cc(Cl)c2)c1N. The van der Waals surface area contributed by atoms with Crippen molar-refractivity contribution in [1.29, 1.82) is 0 Å². The highest BCUT2D eigenvalue weighted by Gasteiger charge is 2.26. The standard InChI is InChI=1S/C16H21Cl2N3/c1-9(2)21-14(19)13(20-15(21)16(3,4)5)10-6-11(17)8-12(18)7-10/h6-9H,19H2,1-5H3. The summed E-state index contributed by atoms with van der Waals surface area (Å²) >= 11 is 12.2. The van der Waals surface area contributed by atoms with Gasteiger partial charge < -0.3 is 10.3 Å². The van der Waals surface area contributed by atoms with Crippen molar-refractivity contribution in [3.8, 4) is 11.3 Å². The molecule has 5 heteroatoms. The van der Waals surface area contributed by atoms with Gasteiger partial charge in [-0.1, -0.05) is 44.0 Å². The maximum Gasteiger partial charge on any atom is 0.131 e. The molecule has 0 amide bonds. The topological polar surface area (TPSA) is 43.8 Å². The Labute approximate surface area is 136 Å². The van der Waals surface area contributed by atoms with E-state index in [-0.39, 0.29) is 11.5 Å². The first kappa shape index (κ1) is 16.2. The molecule has 2 rings (SSSR count). The fraction of sp³-hybridized carbons (Fsp3) is 0.438. The predicted octanol–water partition coefficient (Wildman–Crippen LogP) is 5.32. The highest BCUT2D eigenvalue weighted by atomic mass is 35.5. The maximum absolute atomic E-state index is 6.35. The van der Waals surface area contributed by atoms with Gasteiger partial charge in [-0.3, -0.25) is 0 Å².